The van der Waals surface area contributed by atoms with Gasteiger partial charge in [0.2, 0.25) is 11.8 Å². The van der Waals surface area contributed by atoms with Gasteiger partial charge >= 0.3 is 0 Å². The van der Waals surface area contributed by atoms with Crippen molar-refractivity contribution in [2.45, 2.75) is 12.8 Å². The molecule has 128 valence electrons. The molecule has 1 aliphatic rings. The molecule has 0 saturated heterocycles. The molecule has 25 heavy (non-hydrogen) atoms. The number of hydrogen-bond acceptors (Lipinski definition) is 3. The van der Waals surface area contributed by atoms with Gasteiger partial charge in [0.1, 0.15) is 5.82 Å². The lowest BCUT2D eigenvalue weighted by molar-refractivity contribution is -0.129. The van der Waals surface area contributed by atoms with Crippen molar-refractivity contribution in [2.75, 3.05) is 10.6 Å². The minimum absolute atomic E-state index is 0.146. The molecule has 6 heteroatoms. The molecule has 5 nitrogen and oxygen atoms in total. The first-order valence-electron chi connectivity index (χ1n) is 8.07. The number of pyridine rings is 1. The van der Waals surface area contributed by atoms with Crippen molar-refractivity contribution >= 4 is 39.2 Å². The van der Waals surface area contributed by atoms with Crippen LogP contribution in [0.15, 0.2) is 65.3 Å². The van der Waals surface area contributed by atoms with Crippen molar-refractivity contribution in [1.82, 2.24) is 4.98 Å². The summed E-state index contributed by atoms with van der Waals surface area (Å²) in [7, 11) is 0. The number of benzene rings is 1. The first-order valence-corrected chi connectivity index (χ1v) is 8.86. The van der Waals surface area contributed by atoms with Crippen LogP contribution in [0.25, 0.3) is 0 Å². The van der Waals surface area contributed by atoms with Crippen LogP contribution in [0.1, 0.15) is 12.8 Å². The van der Waals surface area contributed by atoms with E-state index in [2.05, 4.69) is 31.5 Å². The number of amides is 2. The largest absolute Gasteiger partial charge is 0.326 e. The Kier molecular flexibility index (Phi) is 5.60. The summed E-state index contributed by atoms with van der Waals surface area (Å²) in [6.45, 7) is 0. The summed E-state index contributed by atoms with van der Waals surface area (Å²) in [6, 6.07) is 12.7. The number of allylic oxidation sites excluding steroid dienone is 2. The molecule has 3 rings (SSSR count). The Morgan fingerprint density at radius 3 is 2.16 bits per heavy atom. The standard InChI is InChI=1S/C19H18BrN3O2/c20-13-8-10-14(11-9-13)22-18(24)15-5-1-2-6-16(15)19(25)23-17-7-3-4-12-21-17/h1-4,7-12,15-16H,5-6H2,(H,22,24)(H,21,23,25). The molecule has 0 aliphatic heterocycles. The molecule has 2 atom stereocenters. The molecule has 0 spiro atoms. The van der Waals surface area contributed by atoms with E-state index in [9.17, 15) is 9.59 Å². The lowest BCUT2D eigenvalue weighted by Gasteiger charge is -2.26. The maximum Gasteiger partial charge on any atom is 0.229 e. The Hall–Kier alpha value is -2.47. The van der Waals surface area contributed by atoms with Gasteiger partial charge in [-0.2, -0.15) is 0 Å². The first-order chi connectivity index (χ1) is 12.1. The van der Waals surface area contributed by atoms with Gasteiger partial charge < -0.3 is 10.6 Å². The molecule has 0 saturated carbocycles. The first kappa shape index (κ1) is 17.4. The Morgan fingerprint density at radius 1 is 0.920 bits per heavy atom. The maximum absolute atomic E-state index is 12.7. The maximum atomic E-state index is 12.7. The smallest absolute Gasteiger partial charge is 0.229 e. The summed E-state index contributed by atoms with van der Waals surface area (Å²) >= 11 is 3.37. The predicted molar refractivity (Wildman–Crippen MR) is 101 cm³/mol. The number of carbonyl (C=O) groups excluding carboxylic acids is 2. The third-order valence-corrected chi connectivity index (χ3v) is 4.66. The lowest BCUT2D eigenvalue weighted by Crippen LogP contribution is -2.37. The number of halogens is 1. The second kappa shape index (κ2) is 8.07. The molecule has 1 aromatic heterocycles. The van der Waals surface area contributed by atoms with Crippen LogP contribution in [0, 0.1) is 11.8 Å². The zero-order valence-electron chi connectivity index (χ0n) is 13.5. The molecule has 0 bridgehead atoms. The zero-order valence-corrected chi connectivity index (χ0v) is 15.1. The van der Waals surface area contributed by atoms with Gasteiger partial charge in [-0.05, 0) is 49.2 Å². The van der Waals surface area contributed by atoms with Gasteiger partial charge in [0.25, 0.3) is 0 Å². The highest BCUT2D eigenvalue weighted by atomic mass is 79.9. The fourth-order valence-corrected chi connectivity index (χ4v) is 3.08. The highest BCUT2D eigenvalue weighted by molar-refractivity contribution is 9.10. The predicted octanol–water partition coefficient (Wildman–Crippen LogP) is 4.00. The number of rotatable bonds is 4. The molecule has 0 radical (unpaired) electrons. The number of carbonyl (C=O) groups is 2. The highest BCUT2D eigenvalue weighted by Crippen LogP contribution is 2.28. The Labute approximate surface area is 154 Å². The van der Waals surface area contributed by atoms with E-state index in [4.69, 9.17) is 0 Å². The lowest BCUT2D eigenvalue weighted by atomic mass is 9.81. The molecule has 2 aromatic rings. The fourth-order valence-electron chi connectivity index (χ4n) is 2.82. The highest BCUT2D eigenvalue weighted by Gasteiger charge is 2.34. The fraction of sp³-hybridized carbons (Fsp3) is 0.211. The molecule has 1 heterocycles. The second-order valence-corrected chi connectivity index (χ2v) is 6.77. The van der Waals surface area contributed by atoms with Crippen LogP contribution < -0.4 is 10.6 Å². The van der Waals surface area contributed by atoms with E-state index in [1.165, 1.54) is 0 Å². The van der Waals surface area contributed by atoms with Crippen LogP contribution in [0.5, 0.6) is 0 Å². The summed E-state index contributed by atoms with van der Waals surface area (Å²) in [5.74, 6) is -0.652. The van der Waals surface area contributed by atoms with Crippen molar-refractivity contribution in [1.29, 1.82) is 0 Å². The van der Waals surface area contributed by atoms with Gasteiger partial charge in [0.15, 0.2) is 0 Å². The SMILES string of the molecule is O=C(Nc1ccc(Br)cc1)C1CC=CCC1C(=O)Nc1ccccn1. The number of anilines is 2. The third kappa shape index (κ3) is 4.54. The van der Waals surface area contributed by atoms with Crippen LogP contribution in [0.2, 0.25) is 0 Å². The number of nitrogens with zero attached hydrogens (tertiary/aromatic N) is 1. The van der Waals surface area contributed by atoms with Gasteiger partial charge in [0, 0.05) is 16.4 Å². The van der Waals surface area contributed by atoms with E-state index in [1.54, 1.807) is 24.4 Å². The summed E-state index contributed by atoms with van der Waals surface area (Å²) in [4.78, 5) is 29.4. The monoisotopic (exact) mass is 399 g/mol. The van der Waals surface area contributed by atoms with Gasteiger partial charge in [-0.25, -0.2) is 4.98 Å². The van der Waals surface area contributed by atoms with Crippen LogP contribution in [-0.2, 0) is 9.59 Å². The average Bonchev–Trinajstić information content (AvgIpc) is 2.64. The van der Waals surface area contributed by atoms with E-state index >= 15 is 0 Å². The molecular formula is C19H18BrN3O2. The quantitative estimate of drug-likeness (QED) is 0.763. The normalized spacial score (nSPS) is 19.2. The summed E-state index contributed by atoms with van der Waals surface area (Å²) < 4.78 is 0.943. The topological polar surface area (TPSA) is 71.1 Å². The number of aromatic nitrogens is 1. The van der Waals surface area contributed by atoms with Crippen LogP contribution in [0.3, 0.4) is 0 Å². The summed E-state index contributed by atoms with van der Waals surface area (Å²) in [5, 5.41) is 5.70. The molecule has 2 amide bonds. The average molecular weight is 400 g/mol. The minimum atomic E-state index is -0.414. The van der Waals surface area contributed by atoms with Crippen molar-refractivity contribution in [3.63, 3.8) is 0 Å². The van der Waals surface area contributed by atoms with E-state index < -0.39 is 11.8 Å². The molecule has 1 aromatic carbocycles. The minimum Gasteiger partial charge on any atom is -0.326 e. The van der Waals surface area contributed by atoms with E-state index in [-0.39, 0.29) is 11.8 Å². The van der Waals surface area contributed by atoms with Gasteiger partial charge in [0.05, 0.1) is 11.8 Å². The molecule has 2 unspecified atom stereocenters. The molecular weight excluding hydrogens is 382 g/mol. The van der Waals surface area contributed by atoms with Gasteiger partial charge in [-0.1, -0.05) is 34.1 Å². The van der Waals surface area contributed by atoms with E-state index in [1.807, 2.05) is 36.4 Å². The Morgan fingerprint density at radius 2 is 1.56 bits per heavy atom. The molecule has 0 fully saturated rings. The molecule has 1 aliphatic carbocycles. The van der Waals surface area contributed by atoms with Crippen molar-refractivity contribution in [3.05, 3.63) is 65.3 Å². The summed E-state index contributed by atoms with van der Waals surface area (Å²) in [5.41, 5.74) is 0.714. The van der Waals surface area contributed by atoms with Gasteiger partial charge in [-0.15, -0.1) is 0 Å². The second-order valence-electron chi connectivity index (χ2n) is 5.86. The molecule has 2 N–H and O–H groups in total. The van der Waals surface area contributed by atoms with E-state index in [0.29, 0.717) is 24.3 Å². The Balaban J connectivity index is 1.69. The van der Waals surface area contributed by atoms with Crippen LogP contribution in [-0.4, -0.2) is 16.8 Å². The van der Waals surface area contributed by atoms with Crippen molar-refractivity contribution < 1.29 is 9.59 Å². The zero-order chi connectivity index (χ0) is 17.6. The van der Waals surface area contributed by atoms with E-state index in [0.717, 1.165) is 4.47 Å². The number of hydrogen-bond donors (Lipinski definition) is 2. The van der Waals surface area contributed by atoms with Crippen LogP contribution in [0.4, 0.5) is 11.5 Å². The third-order valence-electron chi connectivity index (χ3n) is 4.13. The summed E-state index contributed by atoms with van der Waals surface area (Å²) in [6.07, 6.45) is 6.61. The van der Waals surface area contributed by atoms with Gasteiger partial charge in [-0.3, -0.25) is 9.59 Å². The van der Waals surface area contributed by atoms with Crippen LogP contribution >= 0.6 is 15.9 Å². The Bertz CT molecular complexity index is 775. The van der Waals surface area contributed by atoms with Crippen molar-refractivity contribution in [3.8, 4) is 0 Å². The number of nitrogens with one attached hydrogen (secondary N) is 2. The van der Waals surface area contributed by atoms with Crippen molar-refractivity contribution in [2.24, 2.45) is 11.8 Å².